The molecule has 0 aliphatic rings. The molecular weight excluding hydrogens is 330 g/mol. The van der Waals surface area contributed by atoms with Crippen molar-refractivity contribution in [2.24, 2.45) is 0 Å². The fourth-order valence-electron chi connectivity index (χ4n) is 3.59. The molecule has 0 atom stereocenters. The topological polar surface area (TPSA) is 30.7 Å². The molecule has 2 heterocycles. The number of para-hydroxylation sites is 1. The third kappa shape index (κ3) is 2.51. The van der Waals surface area contributed by atoms with Crippen molar-refractivity contribution in [2.75, 3.05) is 0 Å². The second-order valence-corrected chi connectivity index (χ2v) is 6.93. The first-order chi connectivity index (χ1) is 13.2. The Kier molecular flexibility index (Phi) is 3.54. The molecule has 0 fully saturated rings. The summed E-state index contributed by atoms with van der Waals surface area (Å²) in [5.74, 6) is 0. The molecule has 130 valence electrons. The minimum Gasteiger partial charge on any atom is -0.255 e. The van der Waals surface area contributed by atoms with Gasteiger partial charge in [-0.25, -0.2) is 4.68 Å². The van der Waals surface area contributed by atoms with E-state index in [9.17, 15) is 0 Å². The summed E-state index contributed by atoms with van der Waals surface area (Å²) in [6, 6.07) is 25.1. The molecule has 3 heteroatoms. The molecule has 0 aliphatic heterocycles. The van der Waals surface area contributed by atoms with Crippen LogP contribution in [-0.4, -0.2) is 14.8 Å². The lowest BCUT2D eigenvalue weighted by Gasteiger charge is -2.08. The van der Waals surface area contributed by atoms with E-state index in [1.165, 1.54) is 11.1 Å². The van der Waals surface area contributed by atoms with Gasteiger partial charge in [-0.2, -0.15) is 5.10 Å². The highest BCUT2D eigenvalue weighted by atomic mass is 15.3. The predicted octanol–water partition coefficient (Wildman–Crippen LogP) is 5.86. The first-order valence-corrected chi connectivity index (χ1v) is 9.12. The summed E-state index contributed by atoms with van der Waals surface area (Å²) >= 11 is 0. The van der Waals surface area contributed by atoms with E-state index in [2.05, 4.69) is 72.0 Å². The molecule has 27 heavy (non-hydrogen) atoms. The lowest BCUT2D eigenvalue weighted by Crippen LogP contribution is -1.98. The van der Waals surface area contributed by atoms with Gasteiger partial charge in [-0.3, -0.25) is 4.98 Å². The van der Waals surface area contributed by atoms with Crippen LogP contribution < -0.4 is 0 Å². The molecule has 0 radical (unpaired) electrons. The highest BCUT2D eigenvalue weighted by Gasteiger charge is 2.17. The summed E-state index contributed by atoms with van der Waals surface area (Å²) in [7, 11) is 0. The van der Waals surface area contributed by atoms with Crippen LogP contribution in [0.25, 0.3) is 38.8 Å². The number of fused-ring (bicyclic) bond motifs is 3. The van der Waals surface area contributed by atoms with E-state index >= 15 is 0 Å². The average molecular weight is 349 g/mol. The lowest BCUT2D eigenvalue weighted by atomic mass is 10.1. The lowest BCUT2D eigenvalue weighted by molar-refractivity contribution is 0.915. The minimum atomic E-state index is 0.960. The third-order valence-corrected chi connectivity index (χ3v) is 5.20. The van der Waals surface area contributed by atoms with Gasteiger partial charge in [0, 0.05) is 22.5 Å². The zero-order valence-electron chi connectivity index (χ0n) is 15.3. The molecule has 0 amide bonds. The fraction of sp³-hybridized carbons (Fsp3) is 0.0833. The van der Waals surface area contributed by atoms with Gasteiger partial charge in [0.05, 0.1) is 16.7 Å². The van der Waals surface area contributed by atoms with Gasteiger partial charge in [0.2, 0.25) is 0 Å². The van der Waals surface area contributed by atoms with Gasteiger partial charge in [0.15, 0.2) is 0 Å². The molecule has 5 aromatic rings. The van der Waals surface area contributed by atoms with Gasteiger partial charge in [-0.1, -0.05) is 54.6 Å². The number of rotatable bonds is 2. The van der Waals surface area contributed by atoms with E-state index in [0.717, 1.165) is 38.8 Å². The molecular formula is C24H19N3. The van der Waals surface area contributed by atoms with Crippen LogP contribution in [0.5, 0.6) is 0 Å². The Bertz CT molecular complexity index is 1280. The highest BCUT2D eigenvalue weighted by molar-refractivity contribution is 6.08. The monoisotopic (exact) mass is 349 g/mol. The van der Waals surface area contributed by atoms with Crippen molar-refractivity contribution in [3.8, 4) is 16.9 Å². The third-order valence-electron chi connectivity index (χ3n) is 5.20. The largest absolute Gasteiger partial charge is 0.255 e. The van der Waals surface area contributed by atoms with Gasteiger partial charge < -0.3 is 0 Å². The van der Waals surface area contributed by atoms with Crippen molar-refractivity contribution < 1.29 is 0 Å². The summed E-state index contributed by atoms with van der Waals surface area (Å²) < 4.78 is 2.06. The molecule has 0 unspecified atom stereocenters. The molecule has 0 bridgehead atoms. The van der Waals surface area contributed by atoms with Gasteiger partial charge in [0.25, 0.3) is 0 Å². The number of aromatic nitrogens is 3. The average Bonchev–Trinajstić information content (AvgIpc) is 3.11. The zero-order valence-corrected chi connectivity index (χ0v) is 15.3. The standard InChI is InChI=1S/C24H19N3/c1-16-12-13-19(14-17(16)2)27-24-20-10-6-7-11-22(20)25-15-21(24)23(26-27)18-8-4-3-5-9-18/h3-15H,1-2H3. The van der Waals surface area contributed by atoms with E-state index in [1.54, 1.807) is 0 Å². The van der Waals surface area contributed by atoms with Crippen LogP contribution in [0.4, 0.5) is 0 Å². The van der Waals surface area contributed by atoms with Crippen molar-refractivity contribution in [2.45, 2.75) is 13.8 Å². The Morgan fingerprint density at radius 3 is 2.33 bits per heavy atom. The van der Waals surface area contributed by atoms with Crippen LogP contribution in [0.3, 0.4) is 0 Å². The smallest absolute Gasteiger partial charge is 0.102 e. The number of hydrogen-bond donors (Lipinski definition) is 0. The Morgan fingerprint density at radius 1 is 0.741 bits per heavy atom. The maximum Gasteiger partial charge on any atom is 0.102 e. The SMILES string of the molecule is Cc1ccc(-n2nc(-c3ccccc3)c3cnc4ccccc4c32)cc1C. The molecule has 0 saturated carbocycles. The minimum absolute atomic E-state index is 0.960. The van der Waals surface area contributed by atoms with Gasteiger partial charge in [-0.05, 0) is 43.2 Å². The van der Waals surface area contributed by atoms with E-state index in [4.69, 9.17) is 5.10 Å². The molecule has 2 aromatic heterocycles. The summed E-state index contributed by atoms with van der Waals surface area (Å²) in [5, 5.41) is 7.21. The van der Waals surface area contributed by atoms with Crippen LogP contribution in [0.1, 0.15) is 11.1 Å². The quantitative estimate of drug-likeness (QED) is 0.400. The second kappa shape index (κ2) is 6.06. The Balaban J connectivity index is 1.91. The van der Waals surface area contributed by atoms with Gasteiger partial charge in [-0.15, -0.1) is 0 Å². The summed E-state index contributed by atoms with van der Waals surface area (Å²) in [5.41, 5.74) is 7.75. The van der Waals surface area contributed by atoms with Crippen LogP contribution in [0.15, 0.2) is 79.0 Å². The maximum absolute atomic E-state index is 5.03. The first-order valence-electron chi connectivity index (χ1n) is 9.12. The van der Waals surface area contributed by atoms with Crippen molar-refractivity contribution in [3.63, 3.8) is 0 Å². The zero-order chi connectivity index (χ0) is 18.4. The number of benzene rings is 3. The molecule has 0 aliphatic carbocycles. The van der Waals surface area contributed by atoms with E-state index in [1.807, 2.05) is 30.5 Å². The van der Waals surface area contributed by atoms with Crippen LogP contribution in [0, 0.1) is 13.8 Å². The van der Waals surface area contributed by atoms with Crippen molar-refractivity contribution >= 4 is 21.8 Å². The summed E-state index contributed by atoms with van der Waals surface area (Å²) in [4.78, 5) is 4.68. The molecule has 3 nitrogen and oxygen atoms in total. The number of hydrogen-bond acceptors (Lipinski definition) is 2. The molecule has 0 spiro atoms. The van der Waals surface area contributed by atoms with Crippen molar-refractivity contribution in [1.82, 2.24) is 14.8 Å². The molecule has 5 rings (SSSR count). The summed E-state index contributed by atoms with van der Waals surface area (Å²) in [6.45, 7) is 4.28. The normalized spacial score (nSPS) is 11.3. The van der Waals surface area contributed by atoms with Crippen LogP contribution >= 0.6 is 0 Å². The first kappa shape index (κ1) is 15.8. The van der Waals surface area contributed by atoms with Gasteiger partial charge >= 0.3 is 0 Å². The van der Waals surface area contributed by atoms with Crippen LogP contribution in [0.2, 0.25) is 0 Å². The summed E-state index contributed by atoms with van der Waals surface area (Å²) in [6.07, 6.45) is 1.95. The van der Waals surface area contributed by atoms with E-state index < -0.39 is 0 Å². The number of nitrogens with zero attached hydrogens (tertiary/aromatic N) is 3. The Morgan fingerprint density at radius 2 is 1.52 bits per heavy atom. The second-order valence-electron chi connectivity index (χ2n) is 6.93. The molecule has 0 N–H and O–H groups in total. The Labute approximate surface area is 157 Å². The fourth-order valence-corrected chi connectivity index (χ4v) is 3.59. The Hall–Kier alpha value is -3.46. The van der Waals surface area contributed by atoms with E-state index in [0.29, 0.717) is 0 Å². The number of aryl methyl sites for hydroxylation is 2. The number of pyridine rings is 1. The van der Waals surface area contributed by atoms with Crippen molar-refractivity contribution in [3.05, 3.63) is 90.1 Å². The van der Waals surface area contributed by atoms with Crippen molar-refractivity contribution in [1.29, 1.82) is 0 Å². The molecule has 0 saturated heterocycles. The van der Waals surface area contributed by atoms with Gasteiger partial charge in [0.1, 0.15) is 5.69 Å². The predicted molar refractivity (Wildman–Crippen MR) is 111 cm³/mol. The maximum atomic E-state index is 5.03. The van der Waals surface area contributed by atoms with Crippen LogP contribution in [-0.2, 0) is 0 Å². The highest BCUT2D eigenvalue weighted by Crippen LogP contribution is 2.33. The van der Waals surface area contributed by atoms with E-state index in [-0.39, 0.29) is 0 Å². The molecule has 3 aromatic carbocycles.